The molecule has 34 heavy (non-hydrogen) atoms. The summed E-state index contributed by atoms with van der Waals surface area (Å²) in [7, 11) is 1.59. The van der Waals surface area contributed by atoms with Crippen LogP contribution in [0, 0.1) is 5.92 Å². The second-order valence-corrected chi connectivity index (χ2v) is 7.64. The van der Waals surface area contributed by atoms with Crippen LogP contribution in [0.3, 0.4) is 0 Å². The van der Waals surface area contributed by atoms with Crippen molar-refractivity contribution < 1.29 is 24.0 Å². The van der Waals surface area contributed by atoms with Gasteiger partial charge < -0.3 is 25.0 Å². The highest BCUT2D eigenvalue weighted by Crippen LogP contribution is 2.27. The van der Waals surface area contributed by atoms with Crippen LogP contribution in [0.2, 0.25) is 0 Å². The summed E-state index contributed by atoms with van der Waals surface area (Å²) in [6.45, 7) is 0.177. The molecule has 0 bridgehead atoms. The first kappa shape index (κ1) is 23.1. The number of aliphatic hydroxyl groups is 1. The Hall–Kier alpha value is -4.12. The quantitative estimate of drug-likeness (QED) is 0.480. The van der Waals surface area contributed by atoms with E-state index < -0.39 is 12.0 Å². The van der Waals surface area contributed by atoms with Crippen LogP contribution < -0.4 is 15.4 Å². The number of benzene rings is 1. The molecule has 2 atom stereocenters. The number of nitrogens with one attached hydrogen (secondary N) is 2. The molecule has 1 aliphatic carbocycles. The van der Waals surface area contributed by atoms with Gasteiger partial charge in [-0.15, -0.1) is 10.2 Å². The van der Waals surface area contributed by atoms with Gasteiger partial charge in [-0.2, -0.15) is 4.98 Å². The Bertz CT molecular complexity index is 1160. The van der Waals surface area contributed by atoms with Crippen molar-refractivity contribution in [1.29, 1.82) is 0 Å². The average molecular weight is 464 g/mol. The van der Waals surface area contributed by atoms with Gasteiger partial charge in [-0.3, -0.25) is 9.59 Å². The molecule has 0 saturated heterocycles. The van der Waals surface area contributed by atoms with Gasteiger partial charge in [0.25, 0.3) is 5.91 Å². The molecule has 0 radical (unpaired) electrons. The number of hydrogen-bond acceptors (Lipinski definition) is 9. The number of methoxy groups -OCH3 is 1. The first-order valence-corrected chi connectivity index (χ1v) is 10.7. The summed E-state index contributed by atoms with van der Waals surface area (Å²) in [5.74, 6) is 0.889. The number of fused-ring (bicyclic) bond motifs is 1. The number of rotatable bonds is 10. The van der Waals surface area contributed by atoms with Gasteiger partial charge in [-0.25, -0.2) is 0 Å². The van der Waals surface area contributed by atoms with Crippen LogP contribution in [0.1, 0.15) is 12.3 Å². The van der Waals surface area contributed by atoms with Gasteiger partial charge in [0, 0.05) is 37.1 Å². The van der Waals surface area contributed by atoms with E-state index in [1.807, 2.05) is 18.2 Å². The van der Waals surface area contributed by atoms with Crippen molar-refractivity contribution in [1.82, 2.24) is 20.8 Å². The molecule has 11 heteroatoms. The fraction of sp³-hybridized carbons (Fsp3) is 0.304. The Morgan fingerprint density at radius 1 is 1.21 bits per heavy atom. The van der Waals surface area contributed by atoms with E-state index in [1.54, 1.807) is 37.5 Å². The lowest BCUT2D eigenvalue weighted by Crippen LogP contribution is -2.38. The van der Waals surface area contributed by atoms with Crippen molar-refractivity contribution in [2.45, 2.75) is 18.9 Å². The summed E-state index contributed by atoms with van der Waals surface area (Å²) in [6.07, 6.45) is 6.66. The Morgan fingerprint density at radius 2 is 2.03 bits per heavy atom. The number of azo groups is 1. The molecule has 0 spiro atoms. The Labute approximate surface area is 195 Å². The van der Waals surface area contributed by atoms with Gasteiger partial charge in [-0.05, 0) is 24.3 Å². The Morgan fingerprint density at radius 3 is 2.82 bits per heavy atom. The van der Waals surface area contributed by atoms with Gasteiger partial charge in [0.05, 0.1) is 19.1 Å². The lowest BCUT2D eigenvalue weighted by molar-refractivity contribution is -0.122. The first-order valence-electron chi connectivity index (χ1n) is 10.7. The number of aliphatic hydroxyl groups excluding tert-OH is 1. The van der Waals surface area contributed by atoms with Crippen LogP contribution >= 0.6 is 0 Å². The van der Waals surface area contributed by atoms with Gasteiger partial charge in [-0.1, -0.05) is 29.5 Å². The molecule has 2 amide bonds. The maximum atomic E-state index is 12.2. The average Bonchev–Trinajstić information content (AvgIpc) is 3.35. The molecule has 2 heterocycles. The highest BCUT2D eigenvalue weighted by Gasteiger charge is 2.27. The summed E-state index contributed by atoms with van der Waals surface area (Å²) < 4.78 is 10.3. The summed E-state index contributed by atoms with van der Waals surface area (Å²) in [4.78, 5) is 28.3. The summed E-state index contributed by atoms with van der Waals surface area (Å²) >= 11 is 0. The lowest BCUT2D eigenvalue weighted by atomic mass is 9.93. The summed E-state index contributed by atoms with van der Waals surface area (Å²) in [5.41, 5.74) is 1.48. The highest BCUT2D eigenvalue weighted by molar-refractivity contribution is 5.86. The molecule has 1 aromatic carbocycles. The topological polar surface area (TPSA) is 151 Å². The zero-order chi connectivity index (χ0) is 23.9. The molecule has 11 nitrogen and oxygen atoms in total. The maximum Gasteiger partial charge on any atom is 0.276 e. The maximum absolute atomic E-state index is 12.2. The molecule has 1 aromatic heterocycles. The Kier molecular flexibility index (Phi) is 7.23. The number of nitrogens with zero attached hydrogens (tertiary/aromatic N) is 4. The van der Waals surface area contributed by atoms with Gasteiger partial charge in [0.2, 0.25) is 17.6 Å². The number of aryl methyl sites for hydroxylation is 1. The number of carbonyl (C=O) groups excluding carboxylic acids is 2. The number of hydrogen-bond donors (Lipinski definition) is 3. The minimum Gasteiger partial charge on any atom is -0.497 e. The van der Waals surface area contributed by atoms with E-state index in [0.717, 1.165) is 11.3 Å². The molecule has 2 aliphatic rings. The highest BCUT2D eigenvalue weighted by atomic mass is 16.5. The second-order valence-electron chi connectivity index (χ2n) is 7.64. The van der Waals surface area contributed by atoms with Gasteiger partial charge in [0.1, 0.15) is 5.75 Å². The van der Waals surface area contributed by atoms with Crippen LogP contribution in [-0.4, -0.2) is 53.4 Å². The second kappa shape index (κ2) is 10.7. The fourth-order valence-corrected chi connectivity index (χ4v) is 3.38. The largest absolute Gasteiger partial charge is 0.497 e. The van der Waals surface area contributed by atoms with Crippen LogP contribution in [-0.2, 0) is 16.0 Å². The predicted molar refractivity (Wildman–Crippen MR) is 120 cm³/mol. The smallest absolute Gasteiger partial charge is 0.276 e. The van der Waals surface area contributed by atoms with Crippen molar-refractivity contribution in [2.75, 3.05) is 20.2 Å². The van der Waals surface area contributed by atoms with Gasteiger partial charge in [0.15, 0.2) is 5.82 Å². The van der Waals surface area contributed by atoms with Crippen LogP contribution in [0.15, 0.2) is 74.7 Å². The zero-order valence-electron chi connectivity index (χ0n) is 18.5. The molecule has 2 aromatic rings. The number of ether oxygens (including phenoxy) is 1. The molecule has 176 valence electrons. The minimum atomic E-state index is -0.864. The monoisotopic (exact) mass is 464 g/mol. The van der Waals surface area contributed by atoms with E-state index in [9.17, 15) is 14.7 Å². The first-order chi connectivity index (χ1) is 16.5. The van der Waals surface area contributed by atoms with Crippen molar-refractivity contribution in [3.8, 4) is 17.1 Å². The van der Waals surface area contributed by atoms with Crippen LogP contribution in [0.25, 0.3) is 11.4 Å². The molecule has 4 rings (SSSR count). The molecule has 1 aliphatic heterocycles. The van der Waals surface area contributed by atoms with Crippen molar-refractivity contribution >= 4 is 11.8 Å². The summed E-state index contributed by atoms with van der Waals surface area (Å²) in [5, 5.41) is 27.3. The molecular formula is C23H24N6O5. The van der Waals surface area contributed by atoms with E-state index in [1.165, 1.54) is 0 Å². The van der Waals surface area contributed by atoms with E-state index in [2.05, 4.69) is 31.0 Å². The lowest BCUT2D eigenvalue weighted by Gasteiger charge is -2.21. The molecule has 0 saturated carbocycles. The Balaban J connectivity index is 1.20. The van der Waals surface area contributed by atoms with E-state index >= 15 is 0 Å². The normalized spacial score (nSPS) is 17.5. The van der Waals surface area contributed by atoms with E-state index in [4.69, 9.17) is 9.26 Å². The third-order valence-corrected chi connectivity index (χ3v) is 5.24. The van der Waals surface area contributed by atoms with Gasteiger partial charge >= 0.3 is 0 Å². The number of amides is 2. The van der Waals surface area contributed by atoms with E-state index in [0.29, 0.717) is 23.1 Å². The minimum absolute atomic E-state index is 0.0463. The molecule has 2 unspecified atom stereocenters. The fourth-order valence-electron chi connectivity index (χ4n) is 3.38. The molecular weight excluding hydrogens is 440 g/mol. The third-order valence-electron chi connectivity index (χ3n) is 5.24. The molecule has 0 fully saturated rings. The van der Waals surface area contributed by atoms with Crippen LogP contribution in [0.5, 0.6) is 5.75 Å². The number of carbonyl (C=O) groups is 2. The number of allylic oxidation sites excluding steroid dienone is 3. The van der Waals surface area contributed by atoms with Crippen LogP contribution in [0.4, 0.5) is 0 Å². The van der Waals surface area contributed by atoms with Crippen molar-refractivity contribution in [2.24, 2.45) is 16.1 Å². The predicted octanol–water partition coefficient (Wildman–Crippen LogP) is 1.69. The SMILES string of the molecule is COc1ccc(-c2noc(CCC(=O)NCC(O)CNC3=C4C=CC=CC4C(=O)N=N3)n2)cc1. The third kappa shape index (κ3) is 5.62. The zero-order valence-corrected chi connectivity index (χ0v) is 18.5. The molecule has 3 N–H and O–H groups in total. The van der Waals surface area contributed by atoms with Crippen molar-refractivity contribution in [3.05, 3.63) is 65.9 Å². The van der Waals surface area contributed by atoms with Crippen molar-refractivity contribution in [3.63, 3.8) is 0 Å². The van der Waals surface area contributed by atoms with E-state index in [-0.39, 0.29) is 37.7 Å². The standard InChI is InChI=1S/C23H24N6O5/c1-33-16-8-6-14(7-9-16)21-26-20(34-29-21)11-10-19(31)24-12-15(30)13-25-22-17-4-2-3-5-18(17)23(32)28-27-22/h2-9,15,18,25,30H,10-13H2,1H3,(H,24,31). The number of aromatic nitrogens is 2. The summed E-state index contributed by atoms with van der Waals surface area (Å²) in [6, 6.07) is 7.24.